The third-order valence-electron chi connectivity index (χ3n) is 2.00. The van der Waals surface area contributed by atoms with Gasteiger partial charge in [-0.2, -0.15) is 0 Å². The Bertz CT molecular complexity index is 116. The van der Waals surface area contributed by atoms with Crippen molar-refractivity contribution in [1.82, 2.24) is 4.90 Å². The summed E-state index contributed by atoms with van der Waals surface area (Å²) in [5.41, 5.74) is 0. The van der Waals surface area contributed by atoms with Gasteiger partial charge in [0.05, 0.1) is 0 Å². The molecule has 1 rings (SSSR count). The van der Waals surface area contributed by atoms with Crippen LogP contribution in [0.25, 0.3) is 0 Å². The fourth-order valence-corrected chi connectivity index (χ4v) is 1.54. The van der Waals surface area contributed by atoms with E-state index in [0.717, 1.165) is 5.92 Å². The molecule has 0 N–H and O–H groups in total. The quantitative estimate of drug-likeness (QED) is 0.528. The van der Waals surface area contributed by atoms with Gasteiger partial charge in [-0.3, -0.25) is 0 Å². The predicted molar refractivity (Wildman–Crippen MR) is 45.0 cm³/mol. The maximum absolute atomic E-state index is 2.32. The molecular weight excluding hydrogens is 122 g/mol. The minimum absolute atomic E-state index is 0.917. The molecule has 58 valence electrons. The van der Waals surface area contributed by atoms with Gasteiger partial charge >= 0.3 is 0 Å². The highest BCUT2D eigenvalue weighted by Crippen LogP contribution is 2.17. The van der Waals surface area contributed by atoms with E-state index in [1.807, 2.05) is 0 Å². The predicted octanol–water partition coefficient (Wildman–Crippen LogP) is 1.90. The molecule has 0 aromatic carbocycles. The summed E-state index contributed by atoms with van der Waals surface area (Å²) < 4.78 is 0. The lowest BCUT2D eigenvalue weighted by Crippen LogP contribution is -2.22. The number of hydrogen-bond acceptors (Lipinski definition) is 1. The molecule has 0 radical (unpaired) electrons. The van der Waals surface area contributed by atoms with Crippen molar-refractivity contribution in [3.8, 4) is 0 Å². The van der Waals surface area contributed by atoms with Crippen LogP contribution in [0.1, 0.15) is 19.3 Å². The van der Waals surface area contributed by atoms with Gasteiger partial charge in [-0.1, -0.05) is 12.2 Å². The first-order chi connectivity index (χ1) is 4.79. The summed E-state index contributed by atoms with van der Waals surface area (Å²) in [5, 5.41) is 0. The van der Waals surface area contributed by atoms with Crippen LogP contribution in [0.4, 0.5) is 0 Å². The second kappa shape index (κ2) is 3.77. The van der Waals surface area contributed by atoms with Crippen molar-refractivity contribution in [2.75, 3.05) is 20.6 Å². The summed E-state index contributed by atoms with van der Waals surface area (Å²) in [6.07, 6.45) is 8.58. The Kier molecular flexibility index (Phi) is 2.94. The maximum atomic E-state index is 2.32. The van der Waals surface area contributed by atoms with Gasteiger partial charge in [0.1, 0.15) is 0 Å². The van der Waals surface area contributed by atoms with Crippen LogP contribution in [0.2, 0.25) is 0 Å². The Morgan fingerprint density at radius 2 is 2.20 bits per heavy atom. The molecule has 0 heterocycles. The van der Waals surface area contributed by atoms with Crippen molar-refractivity contribution >= 4 is 0 Å². The average molecular weight is 139 g/mol. The van der Waals surface area contributed by atoms with Crippen LogP contribution in [0.3, 0.4) is 0 Å². The van der Waals surface area contributed by atoms with Crippen molar-refractivity contribution in [1.29, 1.82) is 0 Å². The third-order valence-corrected chi connectivity index (χ3v) is 2.00. The topological polar surface area (TPSA) is 3.24 Å². The van der Waals surface area contributed by atoms with E-state index < -0.39 is 0 Å². The summed E-state index contributed by atoms with van der Waals surface area (Å²) in [4.78, 5) is 2.28. The Hall–Kier alpha value is -0.300. The molecule has 0 spiro atoms. The Labute approximate surface area is 63.7 Å². The molecule has 1 aliphatic rings. The monoisotopic (exact) mass is 139 g/mol. The second-order valence-corrected chi connectivity index (χ2v) is 3.41. The molecule has 0 aliphatic heterocycles. The largest absolute Gasteiger partial charge is 0.309 e. The number of nitrogens with zero attached hydrogens (tertiary/aromatic N) is 1. The molecule has 0 aromatic rings. The maximum Gasteiger partial charge on any atom is 0.000663 e. The zero-order chi connectivity index (χ0) is 7.40. The van der Waals surface area contributed by atoms with Crippen LogP contribution >= 0.6 is 0 Å². The van der Waals surface area contributed by atoms with Crippen LogP contribution in [-0.2, 0) is 0 Å². The molecule has 0 fully saturated rings. The van der Waals surface area contributed by atoms with Gasteiger partial charge in [0.15, 0.2) is 0 Å². The lowest BCUT2D eigenvalue weighted by atomic mass is 9.94. The van der Waals surface area contributed by atoms with E-state index in [-0.39, 0.29) is 0 Å². The summed E-state index contributed by atoms with van der Waals surface area (Å²) in [5.74, 6) is 0.917. The van der Waals surface area contributed by atoms with E-state index in [9.17, 15) is 0 Å². The Morgan fingerprint density at radius 3 is 2.70 bits per heavy atom. The van der Waals surface area contributed by atoms with Gasteiger partial charge in [-0.25, -0.2) is 0 Å². The number of hydrogen-bond donors (Lipinski definition) is 0. The smallest absolute Gasteiger partial charge is 0.000663 e. The van der Waals surface area contributed by atoms with Crippen molar-refractivity contribution in [2.45, 2.75) is 19.3 Å². The lowest BCUT2D eigenvalue weighted by Gasteiger charge is -2.21. The standard InChI is InChI=1S/C9H17N/c1-10(2)8-9-6-4-3-5-7-9/h3-4,9H,5-8H2,1-2H3. The first-order valence-electron chi connectivity index (χ1n) is 4.09. The Morgan fingerprint density at radius 1 is 1.40 bits per heavy atom. The number of allylic oxidation sites excluding steroid dienone is 2. The van der Waals surface area contributed by atoms with Gasteiger partial charge in [-0.15, -0.1) is 0 Å². The minimum atomic E-state index is 0.917. The van der Waals surface area contributed by atoms with Gasteiger partial charge in [0.2, 0.25) is 0 Å². The van der Waals surface area contributed by atoms with Gasteiger partial charge in [-0.05, 0) is 39.3 Å². The van der Waals surface area contributed by atoms with Gasteiger partial charge < -0.3 is 4.90 Å². The van der Waals surface area contributed by atoms with Crippen LogP contribution in [-0.4, -0.2) is 25.5 Å². The second-order valence-electron chi connectivity index (χ2n) is 3.41. The summed E-state index contributed by atoms with van der Waals surface area (Å²) in [6.45, 7) is 1.25. The first-order valence-corrected chi connectivity index (χ1v) is 4.09. The van der Waals surface area contributed by atoms with E-state index >= 15 is 0 Å². The molecule has 0 saturated heterocycles. The molecule has 0 bridgehead atoms. The minimum Gasteiger partial charge on any atom is -0.309 e. The van der Waals surface area contributed by atoms with E-state index in [4.69, 9.17) is 0 Å². The molecule has 1 aliphatic carbocycles. The number of rotatable bonds is 2. The molecule has 1 unspecified atom stereocenters. The average Bonchev–Trinajstić information content (AvgIpc) is 1.88. The van der Waals surface area contributed by atoms with E-state index in [2.05, 4.69) is 31.1 Å². The summed E-state index contributed by atoms with van der Waals surface area (Å²) >= 11 is 0. The van der Waals surface area contributed by atoms with Crippen LogP contribution in [0.5, 0.6) is 0 Å². The summed E-state index contributed by atoms with van der Waals surface area (Å²) in [6, 6.07) is 0. The third kappa shape index (κ3) is 2.53. The molecule has 10 heavy (non-hydrogen) atoms. The normalized spacial score (nSPS) is 25.7. The lowest BCUT2D eigenvalue weighted by molar-refractivity contribution is 0.309. The molecule has 1 nitrogen and oxygen atoms in total. The molecule has 0 saturated carbocycles. The van der Waals surface area contributed by atoms with E-state index in [1.54, 1.807) is 0 Å². The molecule has 1 heteroatoms. The van der Waals surface area contributed by atoms with Gasteiger partial charge in [0.25, 0.3) is 0 Å². The fourth-order valence-electron chi connectivity index (χ4n) is 1.54. The van der Waals surface area contributed by atoms with Crippen LogP contribution in [0, 0.1) is 5.92 Å². The Balaban J connectivity index is 2.22. The van der Waals surface area contributed by atoms with Crippen molar-refractivity contribution < 1.29 is 0 Å². The zero-order valence-electron chi connectivity index (χ0n) is 7.01. The van der Waals surface area contributed by atoms with Crippen LogP contribution < -0.4 is 0 Å². The molecule has 0 amide bonds. The van der Waals surface area contributed by atoms with E-state index in [1.165, 1.54) is 25.8 Å². The van der Waals surface area contributed by atoms with Crippen molar-refractivity contribution in [2.24, 2.45) is 5.92 Å². The highest BCUT2D eigenvalue weighted by atomic mass is 15.1. The van der Waals surface area contributed by atoms with E-state index in [0.29, 0.717) is 0 Å². The zero-order valence-corrected chi connectivity index (χ0v) is 7.01. The van der Waals surface area contributed by atoms with Crippen LogP contribution in [0.15, 0.2) is 12.2 Å². The SMILES string of the molecule is CN(C)CC1CC=CCC1. The molecular formula is C9H17N. The van der Waals surface area contributed by atoms with Crippen molar-refractivity contribution in [3.05, 3.63) is 12.2 Å². The molecule has 1 atom stereocenters. The summed E-state index contributed by atoms with van der Waals surface area (Å²) in [7, 11) is 4.30. The van der Waals surface area contributed by atoms with Gasteiger partial charge in [0, 0.05) is 6.54 Å². The highest BCUT2D eigenvalue weighted by Gasteiger charge is 2.09. The molecule has 0 aromatic heterocycles. The fraction of sp³-hybridized carbons (Fsp3) is 0.778. The highest BCUT2D eigenvalue weighted by molar-refractivity contribution is 4.90. The first kappa shape index (κ1) is 7.80. The van der Waals surface area contributed by atoms with Crippen molar-refractivity contribution in [3.63, 3.8) is 0 Å².